The number of fused-ring (bicyclic) bond motifs is 1. The number of hydrogen-bond donors (Lipinski definition) is 1. The van der Waals surface area contributed by atoms with E-state index >= 15 is 0 Å². The van der Waals surface area contributed by atoms with Crippen LogP contribution in [0.3, 0.4) is 0 Å². The summed E-state index contributed by atoms with van der Waals surface area (Å²) in [5, 5.41) is 21.6. The summed E-state index contributed by atoms with van der Waals surface area (Å²) >= 11 is 0. The number of carbonyl (C=O) groups is 1. The monoisotopic (exact) mass is 302 g/mol. The van der Waals surface area contributed by atoms with Crippen LogP contribution < -0.4 is 10.2 Å². The molecule has 2 aromatic carbocycles. The van der Waals surface area contributed by atoms with E-state index in [1.54, 1.807) is 30.0 Å². The van der Waals surface area contributed by atoms with E-state index in [2.05, 4.69) is 17.5 Å². The number of amides is 1. The zero-order chi connectivity index (χ0) is 16.4. The van der Waals surface area contributed by atoms with Crippen molar-refractivity contribution in [1.82, 2.24) is 0 Å². The maximum Gasteiger partial charge on any atom is 0.223 e. The zero-order valence-corrected chi connectivity index (χ0v) is 12.6. The first kappa shape index (κ1) is 14.6. The third-order valence-electron chi connectivity index (χ3n) is 3.93. The number of carbonyl (C=O) groups excluding carboxylic acids is 1. The van der Waals surface area contributed by atoms with Gasteiger partial charge in [-0.1, -0.05) is 6.07 Å². The molecule has 0 saturated carbocycles. The minimum absolute atomic E-state index is 0.0334. The molecule has 1 aliphatic rings. The number of hydrogen-bond acceptors (Lipinski definition) is 4. The molecule has 0 radical (unpaired) electrons. The Morgan fingerprint density at radius 1 is 1.17 bits per heavy atom. The summed E-state index contributed by atoms with van der Waals surface area (Å²) in [6.07, 6.45) is 0.801. The minimum Gasteiger partial charge on any atom is -0.353 e. The largest absolute Gasteiger partial charge is 0.353 e. The molecule has 112 valence electrons. The Morgan fingerprint density at radius 2 is 1.87 bits per heavy atom. The number of benzene rings is 2. The molecule has 0 unspecified atom stereocenters. The molecule has 5 nitrogen and oxygen atoms in total. The first-order valence-electron chi connectivity index (χ1n) is 7.25. The van der Waals surface area contributed by atoms with Gasteiger partial charge in [-0.2, -0.15) is 10.5 Å². The van der Waals surface area contributed by atoms with Crippen LogP contribution in [-0.2, 0) is 11.2 Å². The molecule has 0 saturated heterocycles. The van der Waals surface area contributed by atoms with E-state index in [0.29, 0.717) is 23.4 Å². The molecule has 1 heterocycles. The van der Waals surface area contributed by atoms with E-state index in [0.717, 1.165) is 23.4 Å². The summed E-state index contributed by atoms with van der Waals surface area (Å²) in [7, 11) is 0. The lowest BCUT2D eigenvalue weighted by Crippen LogP contribution is -2.25. The van der Waals surface area contributed by atoms with Crippen LogP contribution in [0.1, 0.15) is 23.6 Å². The van der Waals surface area contributed by atoms with Crippen molar-refractivity contribution in [2.75, 3.05) is 16.8 Å². The van der Waals surface area contributed by atoms with E-state index in [1.807, 2.05) is 18.2 Å². The van der Waals surface area contributed by atoms with Crippen LogP contribution in [0, 0.1) is 22.7 Å². The van der Waals surface area contributed by atoms with Crippen molar-refractivity contribution in [3.8, 4) is 12.1 Å². The number of nitrogens with one attached hydrogen (secondary N) is 1. The van der Waals surface area contributed by atoms with E-state index in [4.69, 9.17) is 0 Å². The van der Waals surface area contributed by atoms with Crippen molar-refractivity contribution in [3.63, 3.8) is 0 Å². The highest BCUT2D eigenvalue weighted by Crippen LogP contribution is 2.32. The normalized spacial score (nSPS) is 12.2. The molecule has 0 atom stereocenters. The second kappa shape index (κ2) is 5.82. The van der Waals surface area contributed by atoms with Crippen LogP contribution in [-0.4, -0.2) is 12.5 Å². The van der Waals surface area contributed by atoms with Gasteiger partial charge in [0.05, 0.1) is 16.8 Å². The molecule has 0 fully saturated rings. The Bertz CT molecular complexity index is 841. The van der Waals surface area contributed by atoms with Gasteiger partial charge in [0, 0.05) is 24.8 Å². The zero-order valence-electron chi connectivity index (χ0n) is 12.6. The van der Waals surface area contributed by atoms with Crippen LogP contribution in [0.5, 0.6) is 0 Å². The lowest BCUT2D eigenvalue weighted by molar-refractivity contribution is -0.116. The van der Waals surface area contributed by atoms with Gasteiger partial charge in [0.1, 0.15) is 12.1 Å². The maximum atomic E-state index is 11.6. The average Bonchev–Trinajstić information content (AvgIpc) is 2.98. The fraction of sp³-hybridized carbons (Fsp3) is 0.167. The fourth-order valence-corrected chi connectivity index (χ4v) is 2.82. The molecule has 1 amide bonds. The Balaban J connectivity index is 1.96. The number of rotatable bonds is 2. The molecule has 1 aliphatic heterocycles. The lowest BCUT2D eigenvalue weighted by Gasteiger charge is -2.15. The summed E-state index contributed by atoms with van der Waals surface area (Å²) < 4.78 is 0. The number of para-hydroxylation sites is 1. The van der Waals surface area contributed by atoms with Gasteiger partial charge in [-0.3, -0.25) is 4.79 Å². The van der Waals surface area contributed by atoms with Crippen molar-refractivity contribution in [1.29, 1.82) is 10.5 Å². The topological polar surface area (TPSA) is 79.9 Å². The second-order valence-electron chi connectivity index (χ2n) is 5.34. The summed E-state index contributed by atoms with van der Waals surface area (Å²) in [6, 6.07) is 15.0. The average molecular weight is 302 g/mol. The predicted molar refractivity (Wildman–Crippen MR) is 87.3 cm³/mol. The van der Waals surface area contributed by atoms with Gasteiger partial charge in [0.15, 0.2) is 0 Å². The van der Waals surface area contributed by atoms with Crippen molar-refractivity contribution in [2.45, 2.75) is 13.3 Å². The van der Waals surface area contributed by atoms with Gasteiger partial charge in [-0.25, -0.2) is 0 Å². The third kappa shape index (κ3) is 2.61. The smallest absolute Gasteiger partial charge is 0.223 e. The summed E-state index contributed by atoms with van der Waals surface area (Å²) in [5.74, 6) is 0.0334. The number of anilines is 3. The van der Waals surface area contributed by atoms with E-state index in [9.17, 15) is 15.3 Å². The Morgan fingerprint density at radius 3 is 2.48 bits per heavy atom. The van der Waals surface area contributed by atoms with Gasteiger partial charge in [0.2, 0.25) is 5.91 Å². The molecule has 0 aliphatic carbocycles. The third-order valence-corrected chi connectivity index (χ3v) is 3.93. The first-order valence-corrected chi connectivity index (χ1v) is 7.25. The quantitative estimate of drug-likeness (QED) is 0.924. The van der Waals surface area contributed by atoms with E-state index in [-0.39, 0.29) is 5.91 Å². The van der Waals surface area contributed by atoms with Crippen LogP contribution in [0.25, 0.3) is 0 Å². The predicted octanol–water partition coefficient (Wildman–Crippen LogP) is 3.08. The molecule has 1 N–H and O–H groups in total. The molecular weight excluding hydrogens is 288 g/mol. The van der Waals surface area contributed by atoms with E-state index in [1.165, 1.54) is 0 Å². The second-order valence-corrected chi connectivity index (χ2v) is 5.34. The SMILES string of the molecule is CC(=O)N1CCc2cc(Nc3c(C#N)cccc3C#N)ccc21. The summed E-state index contributed by atoms with van der Waals surface area (Å²) in [5.41, 5.74) is 4.17. The lowest BCUT2D eigenvalue weighted by atomic mass is 10.1. The van der Waals surface area contributed by atoms with Crippen molar-refractivity contribution in [2.24, 2.45) is 0 Å². The minimum atomic E-state index is 0.0334. The van der Waals surface area contributed by atoms with Gasteiger partial charge >= 0.3 is 0 Å². The van der Waals surface area contributed by atoms with E-state index < -0.39 is 0 Å². The molecule has 5 heteroatoms. The molecule has 2 aromatic rings. The summed E-state index contributed by atoms with van der Waals surface area (Å²) in [4.78, 5) is 13.3. The van der Waals surface area contributed by atoms with Crippen molar-refractivity contribution < 1.29 is 4.79 Å². The van der Waals surface area contributed by atoms with Crippen LogP contribution in [0.2, 0.25) is 0 Å². The first-order chi connectivity index (χ1) is 11.1. The highest BCUT2D eigenvalue weighted by Gasteiger charge is 2.22. The molecule has 0 aromatic heterocycles. The molecule has 23 heavy (non-hydrogen) atoms. The Hall–Kier alpha value is -3.31. The van der Waals surface area contributed by atoms with Gasteiger partial charge < -0.3 is 10.2 Å². The maximum absolute atomic E-state index is 11.6. The molecular formula is C18H14N4O. The highest BCUT2D eigenvalue weighted by atomic mass is 16.2. The highest BCUT2D eigenvalue weighted by molar-refractivity contribution is 5.94. The molecule has 0 spiro atoms. The fourth-order valence-electron chi connectivity index (χ4n) is 2.82. The van der Waals surface area contributed by atoms with Gasteiger partial charge in [0.25, 0.3) is 0 Å². The van der Waals surface area contributed by atoms with Crippen LogP contribution in [0.4, 0.5) is 17.1 Å². The Labute approximate surface area is 134 Å². The van der Waals surface area contributed by atoms with Crippen molar-refractivity contribution in [3.05, 3.63) is 53.1 Å². The van der Waals surface area contributed by atoms with Gasteiger partial charge in [-0.15, -0.1) is 0 Å². The Kier molecular flexibility index (Phi) is 3.70. The molecule has 0 bridgehead atoms. The van der Waals surface area contributed by atoms with Crippen LogP contribution >= 0.6 is 0 Å². The number of nitrogens with zero attached hydrogens (tertiary/aromatic N) is 3. The van der Waals surface area contributed by atoms with Crippen molar-refractivity contribution >= 4 is 23.0 Å². The molecule has 3 rings (SSSR count). The summed E-state index contributed by atoms with van der Waals surface area (Å²) in [6.45, 7) is 2.25. The van der Waals surface area contributed by atoms with Crippen LogP contribution in [0.15, 0.2) is 36.4 Å². The number of nitriles is 2. The van der Waals surface area contributed by atoms with Gasteiger partial charge in [-0.05, 0) is 42.3 Å². The standard InChI is InChI=1S/C18H14N4O/c1-12(23)22-8-7-13-9-16(5-6-17(13)22)21-18-14(10-19)3-2-4-15(18)11-20/h2-6,9,21H,7-8H2,1H3.